The van der Waals surface area contributed by atoms with Crippen LogP contribution in [0.2, 0.25) is 0 Å². The molecule has 1 rings (SSSR count). The molecule has 0 aliphatic heterocycles. The van der Waals surface area contributed by atoms with E-state index in [0.717, 1.165) is 19.3 Å². The van der Waals surface area contributed by atoms with Crippen LogP contribution in [-0.2, 0) is 6.42 Å². The Hall–Kier alpha value is -1.09. The van der Waals surface area contributed by atoms with Gasteiger partial charge in [-0.1, -0.05) is 26.8 Å². The number of rotatable bonds is 5. The van der Waals surface area contributed by atoms with Crippen molar-refractivity contribution in [3.05, 3.63) is 23.9 Å². The largest absolute Gasteiger partial charge is 0.481 e. The molecular weight excluding hydrogens is 212 g/mol. The van der Waals surface area contributed by atoms with Crippen molar-refractivity contribution in [1.29, 1.82) is 0 Å². The highest BCUT2D eigenvalue weighted by Crippen LogP contribution is 2.22. The molecule has 0 spiro atoms. The second-order valence-electron chi connectivity index (χ2n) is 5.77. The third-order valence-corrected chi connectivity index (χ3v) is 2.77. The van der Waals surface area contributed by atoms with Gasteiger partial charge < -0.3 is 10.5 Å². The molecule has 0 fully saturated rings. The minimum atomic E-state index is 0.212. The van der Waals surface area contributed by atoms with Gasteiger partial charge in [-0.05, 0) is 30.2 Å². The first-order valence-corrected chi connectivity index (χ1v) is 6.15. The number of pyridine rings is 1. The predicted molar refractivity (Wildman–Crippen MR) is 71.2 cm³/mol. The van der Waals surface area contributed by atoms with Crippen molar-refractivity contribution in [2.24, 2.45) is 11.1 Å². The molecule has 1 aromatic rings. The monoisotopic (exact) mass is 236 g/mol. The average molecular weight is 236 g/mol. The van der Waals surface area contributed by atoms with E-state index in [1.54, 1.807) is 7.11 Å². The van der Waals surface area contributed by atoms with Gasteiger partial charge >= 0.3 is 0 Å². The van der Waals surface area contributed by atoms with Crippen molar-refractivity contribution in [1.82, 2.24) is 4.98 Å². The molecule has 0 radical (unpaired) electrons. The minimum Gasteiger partial charge on any atom is -0.481 e. The number of hydrogen-bond acceptors (Lipinski definition) is 3. The molecule has 0 saturated carbocycles. The Labute approximate surface area is 104 Å². The first-order valence-electron chi connectivity index (χ1n) is 6.15. The summed E-state index contributed by atoms with van der Waals surface area (Å²) in [6.07, 6.45) is 4.93. The van der Waals surface area contributed by atoms with Crippen LogP contribution in [0, 0.1) is 5.41 Å². The highest BCUT2D eigenvalue weighted by molar-refractivity contribution is 5.18. The van der Waals surface area contributed by atoms with Crippen LogP contribution in [0.1, 0.15) is 39.2 Å². The molecule has 0 amide bonds. The number of nitrogens with zero attached hydrogens (tertiary/aromatic N) is 1. The van der Waals surface area contributed by atoms with Crippen LogP contribution in [0.3, 0.4) is 0 Å². The maximum absolute atomic E-state index is 6.12. The van der Waals surface area contributed by atoms with E-state index < -0.39 is 0 Å². The molecule has 1 atom stereocenters. The number of hydrogen-bond donors (Lipinski definition) is 1. The van der Waals surface area contributed by atoms with E-state index in [2.05, 4.69) is 25.8 Å². The van der Waals surface area contributed by atoms with Crippen LogP contribution < -0.4 is 10.5 Å². The normalized spacial score (nSPS) is 13.5. The topological polar surface area (TPSA) is 48.1 Å². The van der Waals surface area contributed by atoms with E-state index in [1.165, 1.54) is 5.56 Å². The quantitative estimate of drug-likeness (QED) is 0.855. The van der Waals surface area contributed by atoms with Gasteiger partial charge in [-0.15, -0.1) is 0 Å². The van der Waals surface area contributed by atoms with Crippen molar-refractivity contribution < 1.29 is 4.74 Å². The summed E-state index contributed by atoms with van der Waals surface area (Å²) >= 11 is 0. The van der Waals surface area contributed by atoms with Crippen LogP contribution in [0.25, 0.3) is 0 Å². The van der Waals surface area contributed by atoms with Gasteiger partial charge in [0.15, 0.2) is 0 Å². The molecule has 0 aliphatic rings. The third kappa shape index (κ3) is 5.68. The van der Waals surface area contributed by atoms with Crippen LogP contribution >= 0.6 is 0 Å². The van der Waals surface area contributed by atoms with Gasteiger partial charge in [-0.3, -0.25) is 0 Å². The standard InChI is InChI=1S/C14H24N2O/c1-14(2,3)8-7-12(15)9-11-5-6-13(17-4)16-10-11/h5-6,10,12H,7-9,15H2,1-4H3. The van der Waals surface area contributed by atoms with Crippen LogP contribution in [-0.4, -0.2) is 18.1 Å². The molecule has 0 bridgehead atoms. The average Bonchev–Trinajstić information content (AvgIpc) is 2.27. The summed E-state index contributed by atoms with van der Waals surface area (Å²) in [5.74, 6) is 0.650. The molecule has 1 heterocycles. The van der Waals surface area contributed by atoms with Crippen molar-refractivity contribution >= 4 is 0 Å². The lowest BCUT2D eigenvalue weighted by Crippen LogP contribution is -2.24. The Balaban J connectivity index is 2.42. The van der Waals surface area contributed by atoms with Gasteiger partial charge in [-0.25, -0.2) is 4.98 Å². The zero-order valence-electron chi connectivity index (χ0n) is 11.4. The van der Waals surface area contributed by atoms with Crippen molar-refractivity contribution in [2.45, 2.75) is 46.1 Å². The number of aromatic nitrogens is 1. The Morgan fingerprint density at radius 1 is 1.35 bits per heavy atom. The van der Waals surface area contributed by atoms with E-state index in [9.17, 15) is 0 Å². The van der Waals surface area contributed by atoms with Gasteiger partial charge in [0, 0.05) is 18.3 Å². The first kappa shape index (κ1) is 14.0. The summed E-state index contributed by atoms with van der Waals surface area (Å²) < 4.78 is 5.02. The van der Waals surface area contributed by atoms with Crippen molar-refractivity contribution in [3.8, 4) is 5.88 Å². The fourth-order valence-corrected chi connectivity index (χ4v) is 1.68. The maximum atomic E-state index is 6.12. The van der Waals surface area contributed by atoms with Crippen LogP contribution in [0.15, 0.2) is 18.3 Å². The number of ether oxygens (including phenoxy) is 1. The van der Waals surface area contributed by atoms with Gasteiger partial charge in [0.25, 0.3) is 0 Å². The second-order valence-corrected chi connectivity index (χ2v) is 5.77. The second kappa shape index (κ2) is 6.01. The fourth-order valence-electron chi connectivity index (χ4n) is 1.68. The summed E-state index contributed by atoms with van der Waals surface area (Å²) in [6, 6.07) is 4.12. The number of nitrogens with two attached hydrogens (primary N) is 1. The number of methoxy groups -OCH3 is 1. The molecule has 96 valence electrons. The molecular formula is C14H24N2O. The molecule has 0 aromatic carbocycles. The molecule has 3 heteroatoms. The van der Waals surface area contributed by atoms with E-state index >= 15 is 0 Å². The molecule has 0 aliphatic carbocycles. The maximum Gasteiger partial charge on any atom is 0.212 e. The van der Waals surface area contributed by atoms with Gasteiger partial charge in [-0.2, -0.15) is 0 Å². The summed E-state index contributed by atoms with van der Waals surface area (Å²) in [5.41, 5.74) is 7.65. The highest BCUT2D eigenvalue weighted by Gasteiger charge is 2.13. The van der Waals surface area contributed by atoms with Crippen molar-refractivity contribution in [3.63, 3.8) is 0 Å². The Morgan fingerprint density at radius 2 is 2.06 bits per heavy atom. The first-order chi connectivity index (χ1) is 7.90. The third-order valence-electron chi connectivity index (χ3n) is 2.77. The summed E-state index contributed by atoms with van der Waals surface area (Å²) in [4.78, 5) is 4.18. The summed E-state index contributed by atoms with van der Waals surface area (Å²) in [5, 5.41) is 0. The Bertz CT molecular complexity index is 327. The molecule has 17 heavy (non-hydrogen) atoms. The van der Waals surface area contributed by atoms with Crippen molar-refractivity contribution in [2.75, 3.05) is 7.11 Å². The highest BCUT2D eigenvalue weighted by atomic mass is 16.5. The van der Waals surface area contributed by atoms with E-state index in [1.807, 2.05) is 18.3 Å². The molecule has 1 aromatic heterocycles. The molecule has 3 nitrogen and oxygen atoms in total. The zero-order valence-corrected chi connectivity index (χ0v) is 11.4. The Morgan fingerprint density at radius 3 is 2.53 bits per heavy atom. The summed E-state index contributed by atoms with van der Waals surface area (Å²) in [7, 11) is 1.62. The minimum absolute atomic E-state index is 0.212. The van der Waals surface area contributed by atoms with Crippen LogP contribution in [0.4, 0.5) is 0 Å². The molecule has 2 N–H and O–H groups in total. The lowest BCUT2D eigenvalue weighted by atomic mass is 9.88. The SMILES string of the molecule is COc1ccc(CC(N)CCC(C)(C)C)cn1. The van der Waals surface area contributed by atoms with E-state index in [0.29, 0.717) is 11.3 Å². The zero-order chi connectivity index (χ0) is 12.9. The molecule has 0 saturated heterocycles. The fraction of sp³-hybridized carbons (Fsp3) is 0.643. The molecule has 1 unspecified atom stereocenters. The lowest BCUT2D eigenvalue weighted by Gasteiger charge is -2.20. The smallest absolute Gasteiger partial charge is 0.212 e. The van der Waals surface area contributed by atoms with Crippen LogP contribution in [0.5, 0.6) is 5.88 Å². The van der Waals surface area contributed by atoms with Gasteiger partial charge in [0.2, 0.25) is 5.88 Å². The van der Waals surface area contributed by atoms with Gasteiger partial charge in [0.05, 0.1) is 7.11 Å². The van der Waals surface area contributed by atoms with Gasteiger partial charge in [0.1, 0.15) is 0 Å². The van der Waals surface area contributed by atoms with E-state index in [4.69, 9.17) is 10.5 Å². The van der Waals surface area contributed by atoms with E-state index in [-0.39, 0.29) is 6.04 Å². The summed E-state index contributed by atoms with van der Waals surface area (Å²) in [6.45, 7) is 6.73. The Kier molecular flexibility index (Phi) is 4.94. The lowest BCUT2D eigenvalue weighted by molar-refractivity contribution is 0.347. The predicted octanol–water partition coefficient (Wildman–Crippen LogP) is 2.79.